The number of benzene rings is 4. The summed E-state index contributed by atoms with van der Waals surface area (Å²) in [6.07, 6.45) is 0.593. The molecule has 212 valence electrons. The van der Waals surface area contributed by atoms with E-state index in [-0.39, 0.29) is 22.3 Å². The molecular formula is C33H29N3O4S2. The third-order valence-corrected chi connectivity index (χ3v) is 9.01. The summed E-state index contributed by atoms with van der Waals surface area (Å²) >= 11 is 2.86. The van der Waals surface area contributed by atoms with E-state index in [0.29, 0.717) is 28.0 Å². The van der Waals surface area contributed by atoms with Gasteiger partial charge in [0.2, 0.25) is 5.91 Å². The Hall–Kier alpha value is -4.47. The number of hydrogen-bond donors (Lipinski definition) is 3. The van der Waals surface area contributed by atoms with Gasteiger partial charge in [-0.3, -0.25) is 9.59 Å². The molecule has 9 heteroatoms. The van der Waals surface area contributed by atoms with E-state index in [1.165, 1.54) is 34.7 Å². The van der Waals surface area contributed by atoms with Gasteiger partial charge in [-0.15, -0.1) is 23.1 Å². The Morgan fingerprint density at radius 3 is 2.29 bits per heavy atom. The largest absolute Gasteiger partial charge is 0.478 e. The van der Waals surface area contributed by atoms with E-state index in [1.54, 1.807) is 36.4 Å². The number of nitrogens with zero attached hydrogens (tertiary/aromatic N) is 1. The van der Waals surface area contributed by atoms with Crippen molar-refractivity contribution in [3.8, 4) is 11.3 Å². The fraction of sp³-hybridized carbons (Fsp3) is 0.152. The van der Waals surface area contributed by atoms with Crippen LogP contribution in [0.3, 0.4) is 0 Å². The molecule has 0 bridgehead atoms. The van der Waals surface area contributed by atoms with Gasteiger partial charge in [-0.25, -0.2) is 9.78 Å². The lowest BCUT2D eigenvalue weighted by Gasteiger charge is -2.15. The summed E-state index contributed by atoms with van der Waals surface area (Å²) in [5.74, 6) is -1.65. The van der Waals surface area contributed by atoms with Crippen LogP contribution in [0.25, 0.3) is 22.0 Å². The van der Waals surface area contributed by atoms with Crippen molar-refractivity contribution >= 4 is 62.5 Å². The van der Waals surface area contributed by atoms with Crippen LogP contribution in [0, 0.1) is 13.8 Å². The topological polar surface area (TPSA) is 108 Å². The molecular weight excluding hydrogens is 567 g/mol. The highest BCUT2D eigenvalue weighted by Gasteiger charge is 2.21. The minimum atomic E-state index is -1.09. The van der Waals surface area contributed by atoms with E-state index in [4.69, 9.17) is 0 Å². The molecule has 5 rings (SSSR count). The molecule has 0 aliphatic heterocycles. The maximum Gasteiger partial charge on any atom is 0.336 e. The highest BCUT2D eigenvalue weighted by atomic mass is 32.2. The maximum absolute atomic E-state index is 13.3. The maximum atomic E-state index is 13.3. The molecule has 0 aliphatic carbocycles. The van der Waals surface area contributed by atoms with Crippen molar-refractivity contribution < 1.29 is 19.5 Å². The number of amides is 2. The highest BCUT2D eigenvalue weighted by Crippen LogP contribution is 2.33. The van der Waals surface area contributed by atoms with Crippen LogP contribution < -0.4 is 10.6 Å². The summed E-state index contributed by atoms with van der Waals surface area (Å²) in [4.78, 5) is 44.8. The van der Waals surface area contributed by atoms with Gasteiger partial charge in [-0.2, -0.15) is 0 Å². The molecule has 0 aliphatic rings. The van der Waals surface area contributed by atoms with E-state index in [2.05, 4.69) is 15.6 Å². The summed E-state index contributed by atoms with van der Waals surface area (Å²) < 4.78 is 0. The van der Waals surface area contributed by atoms with Crippen LogP contribution in [0.1, 0.15) is 44.5 Å². The van der Waals surface area contributed by atoms with E-state index in [1.807, 2.05) is 63.2 Å². The number of fused-ring (bicyclic) bond motifs is 1. The minimum Gasteiger partial charge on any atom is -0.478 e. The van der Waals surface area contributed by atoms with Crippen LogP contribution in [0.5, 0.6) is 0 Å². The third kappa shape index (κ3) is 6.37. The van der Waals surface area contributed by atoms with Crippen LogP contribution in [0.4, 0.5) is 10.8 Å². The number of carbonyl (C=O) groups is 3. The van der Waals surface area contributed by atoms with Gasteiger partial charge in [0.15, 0.2) is 5.13 Å². The molecule has 4 aromatic carbocycles. The average molecular weight is 596 g/mol. The van der Waals surface area contributed by atoms with Gasteiger partial charge in [0, 0.05) is 32.0 Å². The zero-order chi connectivity index (χ0) is 29.8. The first-order chi connectivity index (χ1) is 20.2. The van der Waals surface area contributed by atoms with Gasteiger partial charge in [-0.1, -0.05) is 67.1 Å². The Morgan fingerprint density at radius 1 is 0.905 bits per heavy atom. The number of aromatic nitrogens is 1. The molecule has 0 spiro atoms. The van der Waals surface area contributed by atoms with E-state index in [9.17, 15) is 19.5 Å². The molecule has 1 heterocycles. The number of thioether (sulfide) groups is 1. The van der Waals surface area contributed by atoms with Gasteiger partial charge >= 0.3 is 5.97 Å². The molecule has 2 amide bonds. The Labute approximate surface area is 252 Å². The summed E-state index contributed by atoms with van der Waals surface area (Å²) in [5, 5.41) is 16.8. The normalized spacial score (nSPS) is 11.7. The molecule has 0 saturated carbocycles. The lowest BCUT2D eigenvalue weighted by atomic mass is 9.98. The second kappa shape index (κ2) is 12.6. The lowest BCUT2D eigenvalue weighted by Crippen LogP contribution is -2.24. The number of carbonyl (C=O) groups excluding carboxylic acids is 2. The molecule has 1 unspecified atom stereocenters. The average Bonchev–Trinajstić information content (AvgIpc) is 3.35. The van der Waals surface area contributed by atoms with Crippen molar-refractivity contribution in [2.24, 2.45) is 0 Å². The van der Waals surface area contributed by atoms with Crippen molar-refractivity contribution in [3.05, 3.63) is 106 Å². The molecule has 0 radical (unpaired) electrons. The molecule has 5 aromatic rings. The van der Waals surface area contributed by atoms with Crippen LogP contribution in [-0.4, -0.2) is 33.1 Å². The Morgan fingerprint density at radius 2 is 1.60 bits per heavy atom. The second-order valence-electron chi connectivity index (χ2n) is 9.79. The molecule has 7 nitrogen and oxygen atoms in total. The van der Waals surface area contributed by atoms with Crippen LogP contribution >= 0.6 is 23.1 Å². The number of carboxylic acid groups (broad SMARTS) is 1. The fourth-order valence-electron chi connectivity index (χ4n) is 4.66. The quantitative estimate of drug-likeness (QED) is 0.149. The summed E-state index contributed by atoms with van der Waals surface area (Å²) in [5.41, 5.74) is 3.94. The van der Waals surface area contributed by atoms with E-state index >= 15 is 0 Å². The number of nitrogens with one attached hydrogen (secondary N) is 2. The third-order valence-electron chi connectivity index (χ3n) is 6.76. The first kappa shape index (κ1) is 29.0. The monoisotopic (exact) mass is 595 g/mol. The van der Waals surface area contributed by atoms with Crippen molar-refractivity contribution in [2.75, 3.05) is 10.6 Å². The standard InChI is InChI=1S/C33H29N3O4S2/c1-4-27(31(38)36-33-35-29(20(3)41-33)22-16-14-19(2)15-17-22)42-24-11-7-10-23(18-24)34-30(37)25-12-5-8-21-9-6-13-26(28(21)25)32(39)40/h5-18,27H,4H2,1-3H3,(H,34,37)(H,39,40)(H,35,36,38). The van der Waals surface area contributed by atoms with E-state index in [0.717, 1.165) is 21.0 Å². The van der Waals surface area contributed by atoms with Crippen molar-refractivity contribution in [2.45, 2.75) is 37.3 Å². The first-order valence-electron chi connectivity index (χ1n) is 13.4. The van der Waals surface area contributed by atoms with Gasteiger partial charge in [0.25, 0.3) is 5.91 Å². The smallest absolute Gasteiger partial charge is 0.336 e. The van der Waals surface area contributed by atoms with Crippen molar-refractivity contribution in [1.29, 1.82) is 0 Å². The number of rotatable bonds is 9. The SMILES string of the molecule is CCC(Sc1cccc(NC(=O)c2cccc3cccc(C(=O)O)c23)c1)C(=O)Nc1nc(-c2ccc(C)cc2)c(C)s1. The van der Waals surface area contributed by atoms with Crippen LogP contribution in [-0.2, 0) is 4.79 Å². The second-order valence-corrected chi connectivity index (χ2v) is 12.3. The number of anilines is 2. The predicted molar refractivity (Wildman–Crippen MR) is 171 cm³/mol. The Balaban J connectivity index is 1.29. The minimum absolute atomic E-state index is 0.0702. The Kier molecular flexibility index (Phi) is 8.70. The molecule has 42 heavy (non-hydrogen) atoms. The lowest BCUT2D eigenvalue weighted by molar-refractivity contribution is -0.115. The zero-order valence-corrected chi connectivity index (χ0v) is 24.9. The van der Waals surface area contributed by atoms with Crippen molar-refractivity contribution in [3.63, 3.8) is 0 Å². The zero-order valence-electron chi connectivity index (χ0n) is 23.3. The fourth-order valence-corrected chi connectivity index (χ4v) is 6.51. The first-order valence-corrected chi connectivity index (χ1v) is 15.1. The molecule has 0 fully saturated rings. The van der Waals surface area contributed by atoms with Crippen LogP contribution in [0.2, 0.25) is 0 Å². The summed E-state index contributed by atoms with van der Waals surface area (Å²) in [6, 6.07) is 25.5. The van der Waals surface area contributed by atoms with Crippen LogP contribution in [0.15, 0.2) is 89.8 Å². The number of carboxylic acids is 1. The molecule has 1 aromatic heterocycles. The molecule has 3 N–H and O–H groups in total. The predicted octanol–water partition coefficient (Wildman–Crippen LogP) is 8.04. The van der Waals surface area contributed by atoms with Gasteiger partial charge in [-0.05, 0) is 56.0 Å². The summed E-state index contributed by atoms with van der Waals surface area (Å²) in [7, 11) is 0. The van der Waals surface area contributed by atoms with Gasteiger partial charge in [0.1, 0.15) is 0 Å². The number of aromatic carboxylic acids is 1. The van der Waals surface area contributed by atoms with Crippen molar-refractivity contribution in [1.82, 2.24) is 4.98 Å². The number of aryl methyl sites for hydroxylation is 2. The van der Waals surface area contributed by atoms with Gasteiger partial charge < -0.3 is 15.7 Å². The number of hydrogen-bond acceptors (Lipinski definition) is 6. The highest BCUT2D eigenvalue weighted by molar-refractivity contribution is 8.00. The summed E-state index contributed by atoms with van der Waals surface area (Å²) in [6.45, 7) is 5.99. The van der Waals surface area contributed by atoms with E-state index < -0.39 is 11.9 Å². The number of thiazole rings is 1. The van der Waals surface area contributed by atoms with Gasteiger partial charge in [0.05, 0.1) is 16.5 Å². The molecule has 1 atom stereocenters. The molecule has 0 saturated heterocycles. The Bertz CT molecular complexity index is 1790.